The van der Waals surface area contributed by atoms with E-state index in [1.165, 1.54) is 57.8 Å². The summed E-state index contributed by atoms with van der Waals surface area (Å²) < 4.78 is 32.8. The molecular formula is C47H82NO11P. The molecule has 0 saturated heterocycles. The maximum atomic E-state index is 12.7. The largest absolute Gasteiger partial charge is 0.472 e. The van der Waals surface area contributed by atoms with Crippen molar-refractivity contribution < 1.29 is 52.6 Å². The minimum Gasteiger partial charge on any atom is -0.462 e. The number of unbranched alkanes of at least 4 members (excludes halogenated alkanes) is 15. The van der Waals surface area contributed by atoms with Crippen LogP contribution in [0, 0.1) is 11.8 Å². The number of phosphoric acid groups is 1. The summed E-state index contributed by atoms with van der Waals surface area (Å²) in [5, 5.41) is 20.7. The van der Waals surface area contributed by atoms with E-state index in [1.54, 1.807) is 12.2 Å². The number of hydrogen-bond donors (Lipinski definition) is 4. The molecule has 13 heteroatoms. The number of esters is 2. The van der Waals surface area contributed by atoms with Crippen molar-refractivity contribution in [2.24, 2.45) is 17.6 Å². The molecule has 1 aliphatic carbocycles. The predicted octanol–water partition coefficient (Wildman–Crippen LogP) is 10.1. The third-order valence-corrected chi connectivity index (χ3v) is 11.5. The summed E-state index contributed by atoms with van der Waals surface area (Å²) in [7, 11) is -4.45. The number of allylic oxidation sites excluding steroid dienone is 7. The van der Waals surface area contributed by atoms with Gasteiger partial charge in [-0.05, 0) is 64.2 Å². The van der Waals surface area contributed by atoms with Gasteiger partial charge in [-0.25, -0.2) is 4.57 Å². The average Bonchev–Trinajstić information content (AvgIpc) is 3.49. The van der Waals surface area contributed by atoms with Crippen molar-refractivity contribution in [2.75, 3.05) is 26.4 Å². The van der Waals surface area contributed by atoms with Gasteiger partial charge in [0, 0.05) is 37.6 Å². The molecule has 0 spiro atoms. The number of nitrogens with two attached hydrogens (primary N) is 1. The lowest BCUT2D eigenvalue weighted by atomic mass is 9.90. The molecule has 346 valence electrons. The first-order valence-electron chi connectivity index (χ1n) is 23.2. The highest BCUT2D eigenvalue weighted by atomic mass is 31.2. The molecule has 1 unspecified atom stereocenters. The van der Waals surface area contributed by atoms with E-state index >= 15 is 0 Å². The molecule has 0 amide bonds. The SMILES string of the molecule is CCCCC/C=C\C/C=C\CCCCCCCCCCCC(=O)O[C@H](COC(=O)CCC/C=C\C[C@H]1[C@@H](O)CC(=O)[C@@H]1/C=C/[C@@H](O)CCCCC)COP(=O)(O)OCCN. The van der Waals surface area contributed by atoms with Crippen LogP contribution in [0.3, 0.4) is 0 Å². The minimum atomic E-state index is -4.45. The molecule has 0 bridgehead atoms. The standard InChI is InChI=1S/C47H82NO11P/c1-3-5-7-8-9-10-11-12-13-14-15-16-17-18-19-20-21-22-28-32-47(53)59-41(39-58-60(54,55)57-36-35-48)38-56-46(52)31-27-24-23-26-30-42-43(45(51)37-44(42)50)34-33-40(49)29-25-6-4-2/h9-10,12-13,23,26,33-34,40-44,49-50H,3-8,11,14-22,24-25,27-32,35-39,48H2,1-2H3,(H,54,55)/b10-9-,13-12-,26-23-,34-33+/t40-,41+,42+,43+,44-/m0/s1. The van der Waals surface area contributed by atoms with Gasteiger partial charge in [0.1, 0.15) is 12.4 Å². The Labute approximate surface area is 362 Å². The molecule has 1 fully saturated rings. The van der Waals surface area contributed by atoms with Gasteiger partial charge in [0.25, 0.3) is 0 Å². The lowest BCUT2D eigenvalue weighted by Gasteiger charge is -2.19. The minimum absolute atomic E-state index is 0.0129. The van der Waals surface area contributed by atoms with Crippen LogP contribution >= 0.6 is 7.82 Å². The molecule has 1 rings (SSSR count). The molecule has 5 N–H and O–H groups in total. The van der Waals surface area contributed by atoms with Crippen molar-refractivity contribution in [3.63, 3.8) is 0 Å². The van der Waals surface area contributed by atoms with Crippen LogP contribution in [-0.2, 0) is 37.5 Å². The number of aliphatic hydroxyl groups excluding tert-OH is 2. The number of carbonyl (C=O) groups is 3. The van der Waals surface area contributed by atoms with E-state index in [-0.39, 0.29) is 50.7 Å². The van der Waals surface area contributed by atoms with Gasteiger partial charge < -0.3 is 30.3 Å². The van der Waals surface area contributed by atoms with Gasteiger partial charge in [-0.2, -0.15) is 0 Å². The molecule has 0 radical (unpaired) electrons. The fourth-order valence-corrected chi connectivity index (χ4v) is 7.76. The number of aliphatic hydroxyl groups is 2. The molecule has 1 aliphatic rings. The molecule has 60 heavy (non-hydrogen) atoms. The number of carbonyl (C=O) groups excluding carboxylic acids is 3. The van der Waals surface area contributed by atoms with E-state index in [9.17, 15) is 34.1 Å². The van der Waals surface area contributed by atoms with Gasteiger partial charge in [0.15, 0.2) is 6.10 Å². The first-order valence-corrected chi connectivity index (χ1v) is 24.7. The molecule has 0 aromatic heterocycles. The fourth-order valence-electron chi connectivity index (χ4n) is 7.00. The third-order valence-electron chi connectivity index (χ3n) is 10.6. The van der Waals surface area contributed by atoms with Crippen molar-refractivity contribution in [1.29, 1.82) is 0 Å². The Morgan fingerprint density at radius 1 is 0.767 bits per heavy atom. The van der Waals surface area contributed by atoms with Crippen LogP contribution in [0.4, 0.5) is 0 Å². The smallest absolute Gasteiger partial charge is 0.462 e. The number of hydrogen-bond acceptors (Lipinski definition) is 11. The zero-order valence-corrected chi connectivity index (χ0v) is 38.0. The average molecular weight is 868 g/mol. The highest BCUT2D eigenvalue weighted by molar-refractivity contribution is 7.47. The zero-order chi connectivity index (χ0) is 44.1. The van der Waals surface area contributed by atoms with Crippen molar-refractivity contribution >= 4 is 25.5 Å². The molecular weight excluding hydrogens is 785 g/mol. The molecule has 0 aromatic carbocycles. The van der Waals surface area contributed by atoms with Crippen LogP contribution in [0.25, 0.3) is 0 Å². The molecule has 6 atom stereocenters. The van der Waals surface area contributed by atoms with Gasteiger partial charge >= 0.3 is 19.8 Å². The maximum absolute atomic E-state index is 12.7. The monoisotopic (exact) mass is 868 g/mol. The number of rotatable bonds is 39. The normalized spacial score (nSPS) is 19.2. The molecule has 1 saturated carbocycles. The second-order valence-corrected chi connectivity index (χ2v) is 17.5. The zero-order valence-electron chi connectivity index (χ0n) is 37.1. The number of Topliss-reactive ketones (excluding diaryl/α,β-unsaturated/α-hetero) is 1. The fraction of sp³-hybridized carbons (Fsp3) is 0.766. The van der Waals surface area contributed by atoms with Crippen molar-refractivity contribution in [3.05, 3.63) is 48.6 Å². The molecule has 0 heterocycles. The highest BCUT2D eigenvalue weighted by Crippen LogP contribution is 2.43. The summed E-state index contributed by atoms with van der Waals surface area (Å²) >= 11 is 0. The summed E-state index contributed by atoms with van der Waals surface area (Å²) in [5.41, 5.74) is 5.35. The van der Waals surface area contributed by atoms with E-state index in [2.05, 4.69) is 38.2 Å². The van der Waals surface area contributed by atoms with Crippen molar-refractivity contribution in [2.45, 2.75) is 193 Å². The number of phosphoric ester groups is 1. The van der Waals surface area contributed by atoms with Crippen LogP contribution < -0.4 is 5.73 Å². The quantitative estimate of drug-likeness (QED) is 0.0198. The van der Waals surface area contributed by atoms with Gasteiger partial charge in [-0.15, -0.1) is 0 Å². The summed E-state index contributed by atoms with van der Waals surface area (Å²) in [6.45, 7) is 3.29. The topological polar surface area (TPSA) is 192 Å². The summed E-state index contributed by atoms with van der Waals surface area (Å²) in [6.07, 6.45) is 36.4. The van der Waals surface area contributed by atoms with Gasteiger partial charge in [0.2, 0.25) is 0 Å². The lowest BCUT2D eigenvalue weighted by molar-refractivity contribution is -0.161. The number of ketones is 1. The van der Waals surface area contributed by atoms with E-state index in [1.807, 2.05) is 12.2 Å². The van der Waals surface area contributed by atoms with E-state index < -0.39 is 50.6 Å². The van der Waals surface area contributed by atoms with Gasteiger partial charge in [0.05, 0.1) is 25.4 Å². The number of ether oxygens (including phenoxy) is 2. The highest BCUT2D eigenvalue weighted by Gasteiger charge is 2.39. The van der Waals surface area contributed by atoms with E-state index in [0.717, 1.165) is 51.4 Å². The van der Waals surface area contributed by atoms with E-state index in [4.69, 9.17) is 24.3 Å². The first kappa shape index (κ1) is 55.6. The first-order chi connectivity index (χ1) is 29.0. The Kier molecular flexibility index (Phi) is 34.4. The second kappa shape index (κ2) is 37.1. The van der Waals surface area contributed by atoms with Crippen molar-refractivity contribution in [3.8, 4) is 0 Å². The van der Waals surface area contributed by atoms with Crippen LogP contribution in [0.2, 0.25) is 0 Å². The van der Waals surface area contributed by atoms with Crippen LogP contribution in [0.5, 0.6) is 0 Å². The Bertz CT molecular complexity index is 1290. The molecule has 0 aliphatic heterocycles. The van der Waals surface area contributed by atoms with Crippen LogP contribution in [0.1, 0.15) is 174 Å². The molecule has 12 nitrogen and oxygen atoms in total. The van der Waals surface area contributed by atoms with E-state index in [0.29, 0.717) is 32.1 Å². The third kappa shape index (κ3) is 30.6. The Morgan fingerprint density at radius 2 is 1.35 bits per heavy atom. The Balaban J connectivity index is 2.36. The Hall–Kier alpha value is -2.44. The molecule has 0 aromatic rings. The predicted molar refractivity (Wildman–Crippen MR) is 239 cm³/mol. The summed E-state index contributed by atoms with van der Waals surface area (Å²) in [5.74, 6) is -1.77. The van der Waals surface area contributed by atoms with Crippen LogP contribution in [0.15, 0.2) is 48.6 Å². The summed E-state index contributed by atoms with van der Waals surface area (Å²) in [6, 6.07) is 0. The summed E-state index contributed by atoms with van der Waals surface area (Å²) in [4.78, 5) is 47.6. The second-order valence-electron chi connectivity index (χ2n) is 16.1. The van der Waals surface area contributed by atoms with Crippen molar-refractivity contribution in [1.82, 2.24) is 0 Å². The van der Waals surface area contributed by atoms with Gasteiger partial charge in [-0.3, -0.25) is 23.4 Å². The van der Waals surface area contributed by atoms with Crippen LogP contribution in [-0.4, -0.2) is 77.5 Å². The maximum Gasteiger partial charge on any atom is 0.472 e. The lowest BCUT2D eigenvalue weighted by Crippen LogP contribution is -2.29. The Morgan fingerprint density at radius 3 is 2.02 bits per heavy atom. The van der Waals surface area contributed by atoms with Gasteiger partial charge in [-0.1, -0.05) is 140 Å².